The predicted octanol–water partition coefficient (Wildman–Crippen LogP) is 2.90. The first kappa shape index (κ1) is 17.7. The molecule has 0 radical (unpaired) electrons. The fourth-order valence-electron chi connectivity index (χ4n) is 2.56. The smallest absolute Gasteiger partial charge is 0.171 e. The molecule has 2 aromatic rings. The van der Waals surface area contributed by atoms with Crippen molar-refractivity contribution in [3.8, 4) is 11.8 Å². The zero-order chi connectivity index (χ0) is 17.5. The quantitative estimate of drug-likeness (QED) is 0.813. The van der Waals surface area contributed by atoms with Crippen molar-refractivity contribution in [3.05, 3.63) is 40.6 Å². The molecule has 0 aliphatic rings. The molecule has 1 aromatic carbocycles. The zero-order valence-electron chi connectivity index (χ0n) is 14.3. The normalized spacial score (nSPS) is 10.3. The zero-order valence-corrected chi connectivity index (χ0v) is 14.3. The first-order valence-electron chi connectivity index (χ1n) is 8.04. The highest BCUT2D eigenvalue weighted by atomic mass is 16.5. The monoisotopic (exact) mass is 326 g/mol. The van der Waals surface area contributed by atoms with Gasteiger partial charge in [-0.3, -0.25) is 0 Å². The maximum atomic E-state index is 9.52. The van der Waals surface area contributed by atoms with Crippen LogP contribution < -0.4 is 10.1 Å². The number of rotatable bonds is 7. The molecule has 0 fully saturated rings. The second-order valence-electron chi connectivity index (χ2n) is 5.35. The van der Waals surface area contributed by atoms with E-state index in [1.54, 1.807) is 0 Å². The molecule has 0 saturated carbocycles. The first-order valence-corrected chi connectivity index (χ1v) is 8.04. The van der Waals surface area contributed by atoms with E-state index in [0.717, 1.165) is 41.1 Å². The Balaban J connectivity index is 2.31. The van der Waals surface area contributed by atoms with Gasteiger partial charge in [0.05, 0.1) is 12.3 Å². The molecule has 0 saturated heterocycles. The van der Waals surface area contributed by atoms with Gasteiger partial charge in [-0.1, -0.05) is 13.8 Å². The molecule has 24 heavy (non-hydrogen) atoms. The number of aliphatic hydroxyl groups excluding tert-OH is 1. The molecule has 1 aromatic heterocycles. The van der Waals surface area contributed by atoms with Crippen LogP contribution in [0.15, 0.2) is 18.2 Å². The lowest BCUT2D eigenvalue weighted by molar-refractivity contribution is 0.200. The molecule has 6 heteroatoms. The van der Waals surface area contributed by atoms with Crippen LogP contribution in [-0.4, -0.2) is 28.5 Å². The summed E-state index contributed by atoms with van der Waals surface area (Å²) in [7, 11) is 0. The third-order valence-corrected chi connectivity index (χ3v) is 3.74. The van der Waals surface area contributed by atoms with Crippen LogP contribution in [0, 0.1) is 18.3 Å². The van der Waals surface area contributed by atoms with Gasteiger partial charge in [0.1, 0.15) is 24.0 Å². The summed E-state index contributed by atoms with van der Waals surface area (Å²) < 4.78 is 5.44. The van der Waals surface area contributed by atoms with E-state index in [-0.39, 0.29) is 13.2 Å². The number of nitrogens with zero attached hydrogens (tertiary/aromatic N) is 3. The Hall–Kier alpha value is -2.65. The Morgan fingerprint density at radius 2 is 2.04 bits per heavy atom. The fraction of sp³-hybridized carbons (Fsp3) is 0.389. The van der Waals surface area contributed by atoms with Crippen molar-refractivity contribution in [2.45, 2.75) is 33.6 Å². The van der Waals surface area contributed by atoms with Crippen molar-refractivity contribution >= 4 is 11.5 Å². The van der Waals surface area contributed by atoms with E-state index in [1.165, 1.54) is 0 Å². The lowest BCUT2D eigenvalue weighted by Gasteiger charge is -2.13. The number of aromatic nitrogens is 2. The van der Waals surface area contributed by atoms with E-state index in [9.17, 15) is 5.26 Å². The summed E-state index contributed by atoms with van der Waals surface area (Å²) >= 11 is 0. The number of nitrogens with one attached hydrogen (secondary N) is 1. The Morgan fingerprint density at radius 1 is 1.25 bits per heavy atom. The highest BCUT2D eigenvalue weighted by Gasteiger charge is 2.14. The number of hydrogen-bond donors (Lipinski definition) is 2. The van der Waals surface area contributed by atoms with Crippen LogP contribution in [0.4, 0.5) is 11.5 Å². The van der Waals surface area contributed by atoms with Crippen LogP contribution in [0.2, 0.25) is 0 Å². The fourth-order valence-corrected chi connectivity index (χ4v) is 2.56. The lowest BCUT2D eigenvalue weighted by Crippen LogP contribution is -2.07. The van der Waals surface area contributed by atoms with E-state index < -0.39 is 0 Å². The lowest BCUT2D eigenvalue weighted by atomic mass is 10.0. The van der Waals surface area contributed by atoms with Crippen LogP contribution >= 0.6 is 0 Å². The molecule has 126 valence electrons. The average molecular weight is 326 g/mol. The number of ether oxygens (including phenoxy) is 1. The topological polar surface area (TPSA) is 91.1 Å². The summed E-state index contributed by atoms with van der Waals surface area (Å²) in [5.74, 6) is 1.19. The molecule has 0 aliphatic carbocycles. The van der Waals surface area contributed by atoms with Crippen molar-refractivity contribution in [1.29, 1.82) is 5.26 Å². The van der Waals surface area contributed by atoms with Crippen molar-refractivity contribution in [2.75, 3.05) is 18.5 Å². The largest absolute Gasteiger partial charge is 0.491 e. The average Bonchev–Trinajstić information content (AvgIpc) is 2.60. The number of anilines is 2. The van der Waals surface area contributed by atoms with Crippen molar-refractivity contribution in [1.82, 2.24) is 10.2 Å². The number of benzene rings is 1. The Bertz CT molecular complexity index is 753. The predicted molar refractivity (Wildman–Crippen MR) is 92.5 cm³/mol. The molecule has 0 bridgehead atoms. The van der Waals surface area contributed by atoms with Gasteiger partial charge in [-0.25, -0.2) is 0 Å². The van der Waals surface area contributed by atoms with Crippen LogP contribution in [0.3, 0.4) is 0 Å². The summed E-state index contributed by atoms with van der Waals surface area (Å²) in [6.07, 6.45) is 1.49. The SMILES string of the molecule is CCc1nnc(Nc2ccc(OCCO)c(C)c2)c(C#N)c1CC. The summed E-state index contributed by atoms with van der Waals surface area (Å²) in [6, 6.07) is 7.83. The highest BCUT2D eigenvalue weighted by molar-refractivity contribution is 5.66. The second kappa shape index (κ2) is 8.27. The molecule has 0 atom stereocenters. The number of nitriles is 1. The summed E-state index contributed by atoms with van der Waals surface area (Å²) in [4.78, 5) is 0. The Labute approximate surface area is 142 Å². The summed E-state index contributed by atoms with van der Waals surface area (Å²) in [5.41, 5.74) is 4.09. The first-order chi connectivity index (χ1) is 11.6. The molecule has 0 unspecified atom stereocenters. The number of aliphatic hydroxyl groups is 1. The van der Waals surface area contributed by atoms with E-state index in [2.05, 4.69) is 21.6 Å². The van der Waals surface area contributed by atoms with Gasteiger partial charge >= 0.3 is 0 Å². The minimum absolute atomic E-state index is 0.0237. The van der Waals surface area contributed by atoms with Crippen molar-refractivity contribution < 1.29 is 9.84 Å². The minimum atomic E-state index is -0.0237. The van der Waals surface area contributed by atoms with Crippen LogP contribution in [0.25, 0.3) is 0 Å². The molecule has 1 heterocycles. The third-order valence-electron chi connectivity index (χ3n) is 3.74. The van der Waals surface area contributed by atoms with Crippen LogP contribution in [0.5, 0.6) is 5.75 Å². The van der Waals surface area contributed by atoms with Gasteiger partial charge in [0.2, 0.25) is 0 Å². The van der Waals surface area contributed by atoms with Crippen molar-refractivity contribution in [3.63, 3.8) is 0 Å². The van der Waals surface area contributed by atoms with E-state index >= 15 is 0 Å². The van der Waals surface area contributed by atoms with Crippen LogP contribution in [0.1, 0.15) is 36.2 Å². The van der Waals surface area contributed by atoms with Gasteiger partial charge in [-0.05, 0) is 49.1 Å². The highest BCUT2D eigenvalue weighted by Crippen LogP contribution is 2.26. The third kappa shape index (κ3) is 3.81. The van der Waals surface area contributed by atoms with E-state index in [4.69, 9.17) is 9.84 Å². The van der Waals surface area contributed by atoms with Gasteiger partial charge in [0.15, 0.2) is 5.82 Å². The van der Waals surface area contributed by atoms with Gasteiger partial charge in [-0.15, -0.1) is 5.10 Å². The second-order valence-corrected chi connectivity index (χ2v) is 5.35. The summed E-state index contributed by atoms with van der Waals surface area (Å²) in [5, 5.41) is 29.9. The standard InChI is InChI=1S/C18H22N4O2/c1-4-14-15(11-19)18(22-21-16(14)5-2)20-13-6-7-17(12(3)10-13)24-9-8-23/h6-7,10,23H,4-5,8-9H2,1-3H3,(H,20,22). The molecule has 0 aliphatic heterocycles. The number of aryl methyl sites for hydroxylation is 2. The Morgan fingerprint density at radius 3 is 2.62 bits per heavy atom. The molecule has 0 spiro atoms. The number of hydrogen-bond acceptors (Lipinski definition) is 6. The van der Waals surface area contributed by atoms with Gasteiger partial charge in [-0.2, -0.15) is 10.4 Å². The Kier molecular flexibility index (Phi) is 6.10. The maximum absolute atomic E-state index is 9.52. The van der Waals surface area contributed by atoms with Gasteiger partial charge in [0.25, 0.3) is 0 Å². The molecule has 0 amide bonds. The molecular weight excluding hydrogens is 304 g/mol. The maximum Gasteiger partial charge on any atom is 0.171 e. The van der Waals surface area contributed by atoms with Gasteiger partial charge in [0, 0.05) is 5.69 Å². The van der Waals surface area contributed by atoms with Gasteiger partial charge < -0.3 is 15.2 Å². The molecule has 2 rings (SSSR count). The van der Waals surface area contributed by atoms with E-state index in [1.807, 2.05) is 39.0 Å². The molecular formula is C18H22N4O2. The van der Waals surface area contributed by atoms with Crippen molar-refractivity contribution in [2.24, 2.45) is 0 Å². The summed E-state index contributed by atoms with van der Waals surface area (Å²) in [6.45, 7) is 6.18. The minimum Gasteiger partial charge on any atom is -0.491 e. The molecule has 6 nitrogen and oxygen atoms in total. The van der Waals surface area contributed by atoms with E-state index in [0.29, 0.717) is 11.4 Å². The van der Waals surface area contributed by atoms with Crippen LogP contribution in [-0.2, 0) is 12.8 Å². The molecule has 2 N–H and O–H groups in total.